The second-order valence-corrected chi connectivity index (χ2v) is 19.5. The number of methoxy groups -OCH3 is 1. The van der Waals surface area contributed by atoms with Crippen molar-refractivity contribution >= 4 is 188 Å². The summed E-state index contributed by atoms with van der Waals surface area (Å²) in [5, 5.41) is 23.0. The number of aliphatic hydroxyl groups excluding tert-OH is 1. The fraction of sp³-hybridized carbons (Fsp3) is 0.472. The number of likely N-dealkylation sites (tertiary alicyclic amines) is 1. The second kappa shape index (κ2) is 24.6. The van der Waals surface area contributed by atoms with Gasteiger partial charge in [0.15, 0.2) is 5.90 Å². The van der Waals surface area contributed by atoms with E-state index in [4.69, 9.17) is 10.5 Å². The second-order valence-electron chi connectivity index (χ2n) is 13.1. The minimum atomic E-state index is -0.848. The normalized spacial score (nSPS) is 13.7. The molecule has 1 heterocycles. The minimum Gasteiger partial charge on any atom is -0.484 e. The molecule has 58 heavy (non-hydrogen) atoms. The fourth-order valence-corrected chi connectivity index (χ4v) is 14.6. The summed E-state index contributed by atoms with van der Waals surface area (Å²) >= 11 is 11.6. The predicted molar refractivity (Wildman–Crippen MR) is 272 cm³/mol. The van der Waals surface area contributed by atoms with E-state index in [1.807, 2.05) is 136 Å². The SMILES string of the molecule is CNC(=O)c1c(I)c(N=C(C)OC)c(I)c(C(=O)NCC(=O)Nc2c(I)c(C(=O)NCCO)c(I)c(C(=O)NC(CCCCN)C(=O)N3CCC(C)CC3)c2I)c1I. The Morgan fingerprint density at radius 2 is 1.36 bits per heavy atom. The van der Waals surface area contributed by atoms with Gasteiger partial charge in [0.1, 0.15) is 6.04 Å². The summed E-state index contributed by atoms with van der Waals surface area (Å²) in [5.74, 6) is -2.36. The number of carbonyl (C=O) groups excluding carboxylic acids is 6. The maximum atomic E-state index is 14.3. The van der Waals surface area contributed by atoms with Gasteiger partial charge in [-0.15, -0.1) is 0 Å². The molecule has 1 fully saturated rings. The Bertz CT molecular complexity index is 1960. The number of hydrogen-bond donors (Lipinski definition) is 7. The molecule has 0 spiro atoms. The van der Waals surface area contributed by atoms with Gasteiger partial charge in [-0.1, -0.05) is 6.92 Å². The van der Waals surface area contributed by atoms with Gasteiger partial charge in [0.05, 0.1) is 68.2 Å². The highest BCUT2D eigenvalue weighted by Crippen LogP contribution is 2.38. The Morgan fingerprint density at radius 1 is 0.828 bits per heavy atom. The zero-order valence-electron chi connectivity index (χ0n) is 32.0. The number of piperidine rings is 1. The fourth-order valence-electron chi connectivity index (χ4n) is 5.77. The molecule has 1 aliphatic heterocycles. The van der Waals surface area contributed by atoms with Crippen LogP contribution < -0.4 is 32.3 Å². The van der Waals surface area contributed by atoms with E-state index in [-0.39, 0.29) is 50.6 Å². The van der Waals surface area contributed by atoms with Crippen molar-refractivity contribution in [2.24, 2.45) is 16.6 Å². The van der Waals surface area contributed by atoms with Crippen molar-refractivity contribution in [3.63, 3.8) is 0 Å². The Hall–Kier alpha value is -0.970. The highest BCUT2D eigenvalue weighted by atomic mass is 127. The van der Waals surface area contributed by atoms with E-state index >= 15 is 0 Å². The quantitative estimate of drug-likeness (QED) is 0.0521. The number of ether oxygens (including phenoxy) is 1. The van der Waals surface area contributed by atoms with Gasteiger partial charge in [0.25, 0.3) is 23.6 Å². The van der Waals surface area contributed by atoms with Crippen molar-refractivity contribution in [2.45, 2.75) is 52.0 Å². The molecular formula is C36H44I6N8O8. The number of benzene rings is 2. The van der Waals surface area contributed by atoms with Crippen LogP contribution in [0.4, 0.5) is 11.4 Å². The van der Waals surface area contributed by atoms with Crippen LogP contribution in [0.1, 0.15) is 87.4 Å². The average Bonchev–Trinajstić information content (AvgIpc) is 3.18. The first-order valence-corrected chi connectivity index (χ1v) is 24.4. The lowest BCUT2D eigenvalue weighted by Crippen LogP contribution is -2.51. The molecule has 6 amide bonds. The number of rotatable bonds is 16. The number of hydrogen-bond acceptors (Lipinski definition) is 10. The molecule has 318 valence electrons. The van der Waals surface area contributed by atoms with Crippen LogP contribution in [0.15, 0.2) is 4.99 Å². The zero-order valence-corrected chi connectivity index (χ0v) is 44.9. The molecule has 16 nitrogen and oxygen atoms in total. The van der Waals surface area contributed by atoms with E-state index in [0.717, 1.165) is 12.8 Å². The van der Waals surface area contributed by atoms with E-state index in [1.165, 1.54) is 14.2 Å². The standard InChI is InChI=1S/C36H44I6N8O8/c1-16-8-12-50(13-9-16)36(57)18(7-5-6-10-43)48-35(56)23-25(38)21(33(54)45-11-14-51)28(41)31(29(23)42)49-19(52)15-46-34(55)22-24(37)20(32(53)44-3)26(39)30(27(22)40)47-17(2)58-4/h16,18,51H,5-15,43H2,1-4H3,(H,44,53)(H,45,54)(H,46,55)(H,48,56)(H,49,52). The molecule has 1 atom stereocenters. The van der Waals surface area contributed by atoms with Crippen LogP contribution in [0.3, 0.4) is 0 Å². The largest absolute Gasteiger partial charge is 0.484 e. The molecular weight excluding hydrogens is 1430 g/mol. The van der Waals surface area contributed by atoms with Gasteiger partial charge in [0.2, 0.25) is 11.8 Å². The van der Waals surface area contributed by atoms with Gasteiger partial charge in [0, 0.05) is 40.7 Å². The third kappa shape index (κ3) is 13.0. The topological polar surface area (TPSA) is 234 Å². The number of nitrogens with two attached hydrogens (primary N) is 1. The van der Waals surface area contributed by atoms with Crippen LogP contribution in [-0.4, -0.2) is 111 Å². The van der Waals surface area contributed by atoms with Gasteiger partial charge in [-0.05, 0) is 180 Å². The number of halogens is 6. The first kappa shape index (κ1) is 51.4. The van der Waals surface area contributed by atoms with Crippen LogP contribution in [0.2, 0.25) is 0 Å². The molecule has 0 radical (unpaired) electrons. The number of anilines is 1. The van der Waals surface area contributed by atoms with Crippen molar-refractivity contribution in [3.8, 4) is 0 Å². The molecule has 0 aliphatic carbocycles. The Labute approximate surface area is 418 Å². The first-order chi connectivity index (χ1) is 27.4. The summed E-state index contributed by atoms with van der Waals surface area (Å²) in [6.45, 7) is 4.47. The maximum Gasteiger partial charge on any atom is 0.254 e. The monoisotopic (exact) mass is 1480 g/mol. The molecule has 3 rings (SSSR count). The minimum absolute atomic E-state index is 0.0613. The predicted octanol–water partition coefficient (Wildman–Crippen LogP) is 4.95. The third-order valence-electron chi connectivity index (χ3n) is 9.03. The van der Waals surface area contributed by atoms with E-state index in [2.05, 4.69) is 38.5 Å². The number of carbonyl (C=O) groups is 6. The van der Waals surface area contributed by atoms with Gasteiger partial charge < -0.3 is 47.1 Å². The Balaban J connectivity index is 2.03. The molecule has 2 aromatic carbocycles. The Kier molecular flexibility index (Phi) is 21.8. The summed E-state index contributed by atoms with van der Waals surface area (Å²) in [4.78, 5) is 88.2. The molecule has 2 aromatic rings. The average molecular weight is 1480 g/mol. The van der Waals surface area contributed by atoms with E-state index in [0.29, 0.717) is 74.3 Å². The van der Waals surface area contributed by atoms with Crippen molar-refractivity contribution in [1.29, 1.82) is 0 Å². The van der Waals surface area contributed by atoms with Crippen molar-refractivity contribution in [3.05, 3.63) is 43.7 Å². The van der Waals surface area contributed by atoms with Crippen molar-refractivity contribution in [2.75, 3.05) is 58.8 Å². The maximum absolute atomic E-state index is 14.3. The summed E-state index contributed by atoms with van der Waals surface area (Å²) in [7, 11) is 2.92. The lowest BCUT2D eigenvalue weighted by atomic mass is 9.98. The number of nitrogens with one attached hydrogen (secondary N) is 5. The number of unbranched alkanes of at least 4 members (excludes halogenated alkanes) is 1. The first-order valence-electron chi connectivity index (χ1n) is 17.9. The lowest BCUT2D eigenvalue weighted by Gasteiger charge is -2.33. The summed E-state index contributed by atoms with van der Waals surface area (Å²) < 4.78 is 7.41. The van der Waals surface area contributed by atoms with E-state index < -0.39 is 42.1 Å². The highest BCUT2D eigenvalue weighted by Gasteiger charge is 2.33. The summed E-state index contributed by atoms with van der Waals surface area (Å²) in [6.07, 6.45) is 3.36. The van der Waals surface area contributed by atoms with Crippen LogP contribution in [0.25, 0.3) is 0 Å². The number of aliphatic imine (C=N–C) groups is 1. The summed E-state index contributed by atoms with van der Waals surface area (Å²) in [6, 6.07) is -0.848. The van der Waals surface area contributed by atoms with Crippen molar-refractivity contribution < 1.29 is 38.6 Å². The van der Waals surface area contributed by atoms with Crippen LogP contribution in [0.5, 0.6) is 0 Å². The molecule has 22 heteroatoms. The molecule has 0 aromatic heterocycles. The van der Waals surface area contributed by atoms with Gasteiger partial charge in [-0.2, -0.15) is 0 Å². The third-order valence-corrected chi connectivity index (χ3v) is 15.4. The van der Waals surface area contributed by atoms with Crippen LogP contribution in [0, 0.1) is 27.3 Å². The van der Waals surface area contributed by atoms with Gasteiger partial charge in [-0.25, -0.2) is 4.99 Å². The Morgan fingerprint density at radius 3 is 1.90 bits per heavy atom. The number of amides is 6. The van der Waals surface area contributed by atoms with Crippen molar-refractivity contribution in [1.82, 2.24) is 26.2 Å². The van der Waals surface area contributed by atoms with Gasteiger partial charge >= 0.3 is 0 Å². The smallest absolute Gasteiger partial charge is 0.254 e. The lowest BCUT2D eigenvalue weighted by molar-refractivity contribution is -0.134. The molecule has 0 saturated carbocycles. The molecule has 1 unspecified atom stereocenters. The summed E-state index contributed by atoms with van der Waals surface area (Å²) in [5.41, 5.74) is 6.76. The number of aliphatic hydroxyl groups is 1. The zero-order chi connectivity index (χ0) is 43.4. The molecule has 8 N–H and O–H groups in total. The van der Waals surface area contributed by atoms with Crippen LogP contribution in [-0.2, 0) is 14.3 Å². The van der Waals surface area contributed by atoms with Crippen LogP contribution >= 0.6 is 136 Å². The van der Waals surface area contributed by atoms with E-state index in [1.54, 1.807) is 11.8 Å². The van der Waals surface area contributed by atoms with E-state index in [9.17, 15) is 33.9 Å². The molecule has 0 bridgehead atoms. The number of nitrogens with zero attached hydrogens (tertiary/aromatic N) is 2. The highest BCUT2D eigenvalue weighted by molar-refractivity contribution is 14.1. The molecule has 1 aliphatic rings. The molecule has 1 saturated heterocycles. The van der Waals surface area contributed by atoms with Gasteiger partial charge in [-0.3, -0.25) is 28.8 Å².